The molecule has 1 fully saturated rings. The first-order chi connectivity index (χ1) is 12.1. The van der Waals surface area contributed by atoms with Gasteiger partial charge in [0.05, 0.1) is 10.2 Å². The van der Waals surface area contributed by atoms with Gasteiger partial charge >= 0.3 is 6.09 Å². The Morgan fingerprint density at radius 1 is 1.20 bits per heavy atom. The second-order valence-corrected chi connectivity index (χ2v) is 7.94. The number of amides is 1. The summed E-state index contributed by atoms with van der Waals surface area (Å²) in [6.45, 7) is 3.06. The monoisotopic (exact) mass is 371 g/mol. The van der Waals surface area contributed by atoms with Crippen LogP contribution in [0.2, 0.25) is 0 Å². The van der Waals surface area contributed by atoms with E-state index in [9.17, 15) is 4.79 Å². The Balaban J connectivity index is 1.58. The predicted octanol–water partition coefficient (Wildman–Crippen LogP) is 5.22. The number of hydrogen-bond acceptors (Lipinski definition) is 4. The van der Waals surface area contributed by atoms with Crippen LogP contribution in [0.1, 0.15) is 24.0 Å². The molecule has 130 valence electrons. The summed E-state index contributed by atoms with van der Waals surface area (Å²) in [7, 11) is 0. The van der Waals surface area contributed by atoms with Crippen LogP contribution in [0, 0.1) is 6.92 Å². The largest absolute Gasteiger partial charge is 0.445 e. The lowest BCUT2D eigenvalue weighted by Crippen LogP contribution is -2.39. The molecule has 0 radical (unpaired) electrons. The minimum Gasteiger partial charge on any atom is -0.445 e. The van der Waals surface area contributed by atoms with Gasteiger partial charge in [-0.25, -0.2) is 4.79 Å². The van der Waals surface area contributed by atoms with Gasteiger partial charge in [-0.05, 0) is 37.5 Å². The minimum absolute atomic E-state index is 0.0374. The van der Waals surface area contributed by atoms with Crippen LogP contribution in [0.5, 0.6) is 0 Å². The maximum Gasteiger partial charge on any atom is 0.410 e. The Morgan fingerprint density at radius 2 is 1.92 bits per heavy atom. The number of thioether (sulfide) groups is 1. The summed E-state index contributed by atoms with van der Waals surface area (Å²) in [6.07, 6.45) is 1.58. The molecular formula is C20H21NO2S2. The third-order valence-corrected chi connectivity index (χ3v) is 5.71. The summed E-state index contributed by atoms with van der Waals surface area (Å²) in [5.41, 5.74) is 2.21. The van der Waals surface area contributed by atoms with Gasteiger partial charge in [-0.2, -0.15) is 0 Å². The average Bonchev–Trinajstić information content (AvgIpc) is 3.12. The SMILES string of the molecule is Cc1ccc(SC(=S)C2CCCN2C(=O)OCc2ccccc2)cc1. The molecule has 1 unspecified atom stereocenters. The summed E-state index contributed by atoms with van der Waals surface area (Å²) < 4.78 is 6.31. The lowest BCUT2D eigenvalue weighted by atomic mass is 10.2. The standard InChI is InChI=1S/C20H21NO2S2/c1-15-9-11-17(12-10-15)25-19(24)18-8-5-13-21(18)20(22)23-14-16-6-3-2-4-7-16/h2-4,6-7,9-12,18H,5,8,13-14H2,1H3. The smallest absolute Gasteiger partial charge is 0.410 e. The first-order valence-electron chi connectivity index (χ1n) is 8.39. The second-order valence-electron chi connectivity index (χ2n) is 6.13. The molecular weight excluding hydrogens is 350 g/mol. The molecule has 0 aliphatic carbocycles. The molecule has 3 rings (SSSR count). The lowest BCUT2D eigenvalue weighted by molar-refractivity contribution is 0.0997. The molecule has 5 heteroatoms. The molecule has 1 amide bonds. The molecule has 0 saturated carbocycles. The molecule has 0 spiro atoms. The van der Waals surface area contributed by atoms with Crippen LogP contribution in [-0.2, 0) is 11.3 Å². The Labute approximate surface area is 158 Å². The van der Waals surface area contributed by atoms with Crippen molar-refractivity contribution < 1.29 is 9.53 Å². The van der Waals surface area contributed by atoms with E-state index >= 15 is 0 Å². The van der Waals surface area contributed by atoms with E-state index in [0.717, 1.165) is 27.5 Å². The van der Waals surface area contributed by atoms with E-state index < -0.39 is 0 Å². The van der Waals surface area contributed by atoms with Crippen molar-refractivity contribution in [2.75, 3.05) is 6.54 Å². The van der Waals surface area contributed by atoms with Crippen molar-refractivity contribution in [3.05, 3.63) is 65.7 Å². The molecule has 3 nitrogen and oxygen atoms in total. The predicted molar refractivity (Wildman–Crippen MR) is 106 cm³/mol. The molecule has 0 aromatic heterocycles. The number of nitrogens with zero attached hydrogens (tertiary/aromatic N) is 1. The highest BCUT2D eigenvalue weighted by Crippen LogP contribution is 2.29. The number of rotatable bonds is 4. The van der Waals surface area contributed by atoms with Gasteiger partial charge < -0.3 is 4.74 Å². The normalized spacial score (nSPS) is 16.7. The van der Waals surface area contributed by atoms with Crippen LogP contribution in [0.3, 0.4) is 0 Å². The van der Waals surface area contributed by atoms with Gasteiger partial charge in [0.15, 0.2) is 0 Å². The third kappa shape index (κ3) is 4.83. The van der Waals surface area contributed by atoms with Gasteiger partial charge in [-0.15, -0.1) is 0 Å². The zero-order valence-electron chi connectivity index (χ0n) is 14.2. The third-order valence-electron chi connectivity index (χ3n) is 4.20. The number of ether oxygens (including phenoxy) is 1. The molecule has 0 bridgehead atoms. The molecule has 25 heavy (non-hydrogen) atoms. The fourth-order valence-electron chi connectivity index (χ4n) is 2.82. The summed E-state index contributed by atoms with van der Waals surface area (Å²) in [5.74, 6) is 0. The van der Waals surface area contributed by atoms with Gasteiger partial charge in [0.25, 0.3) is 0 Å². The van der Waals surface area contributed by atoms with Crippen LogP contribution >= 0.6 is 24.0 Å². The Hall–Kier alpha value is -1.85. The van der Waals surface area contributed by atoms with Gasteiger partial charge in [0, 0.05) is 11.4 Å². The molecule has 0 N–H and O–H groups in total. The molecule has 1 aliphatic heterocycles. The van der Waals surface area contributed by atoms with Crippen LogP contribution in [0.25, 0.3) is 0 Å². The summed E-state index contributed by atoms with van der Waals surface area (Å²) in [4.78, 5) is 15.3. The summed E-state index contributed by atoms with van der Waals surface area (Å²) in [6, 6.07) is 18.0. The number of benzene rings is 2. The van der Waals surface area contributed by atoms with E-state index in [0.29, 0.717) is 13.2 Å². The van der Waals surface area contributed by atoms with Gasteiger partial charge in [0.1, 0.15) is 6.61 Å². The lowest BCUT2D eigenvalue weighted by Gasteiger charge is -2.24. The quantitative estimate of drug-likeness (QED) is 0.545. The number of carbonyl (C=O) groups is 1. The van der Waals surface area contributed by atoms with Crippen molar-refractivity contribution in [2.24, 2.45) is 0 Å². The average molecular weight is 372 g/mol. The first-order valence-corrected chi connectivity index (χ1v) is 9.61. The highest BCUT2D eigenvalue weighted by Gasteiger charge is 2.33. The van der Waals surface area contributed by atoms with Gasteiger partial charge in [-0.3, -0.25) is 4.90 Å². The van der Waals surface area contributed by atoms with Gasteiger partial charge in [0.2, 0.25) is 0 Å². The van der Waals surface area contributed by atoms with Crippen molar-refractivity contribution in [1.29, 1.82) is 0 Å². The van der Waals surface area contributed by atoms with Crippen LogP contribution in [0.4, 0.5) is 4.79 Å². The highest BCUT2D eigenvalue weighted by atomic mass is 32.2. The van der Waals surface area contributed by atoms with E-state index in [1.807, 2.05) is 30.3 Å². The molecule has 1 heterocycles. The van der Waals surface area contributed by atoms with E-state index in [-0.39, 0.29) is 12.1 Å². The Bertz CT molecular complexity index is 731. The minimum atomic E-state index is -0.279. The topological polar surface area (TPSA) is 29.5 Å². The van der Waals surface area contributed by atoms with Crippen molar-refractivity contribution in [2.45, 2.75) is 37.3 Å². The van der Waals surface area contributed by atoms with Crippen molar-refractivity contribution >= 4 is 34.3 Å². The molecule has 2 aromatic carbocycles. The van der Waals surface area contributed by atoms with Gasteiger partial charge in [-0.1, -0.05) is 72.0 Å². The van der Waals surface area contributed by atoms with Crippen molar-refractivity contribution in [1.82, 2.24) is 4.90 Å². The summed E-state index contributed by atoms with van der Waals surface area (Å²) >= 11 is 7.18. The van der Waals surface area contributed by atoms with Crippen LogP contribution in [0.15, 0.2) is 59.5 Å². The second kappa shape index (κ2) is 8.50. The van der Waals surface area contributed by atoms with Crippen molar-refractivity contribution in [3.63, 3.8) is 0 Å². The zero-order chi connectivity index (χ0) is 17.6. The Morgan fingerprint density at radius 3 is 2.64 bits per heavy atom. The maximum atomic E-state index is 12.5. The number of carbonyl (C=O) groups excluding carboxylic acids is 1. The van der Waals surface area contributed by atoms with Crippen LogP contribution < -0.4 is 0 Å². The zero-order valence-corrected chi connectivity index (χ0v) is 15.8. The number of thiocarbonyl (C=S) groups is 1. The molecule has 1 aliphatic rings. The fourth-order valence-corrected chi connectivity index (χ4v) is 4.24. The first kappa shape index (κ1) is 18.0. The number of likely N-dealkylation sites (tertiary alicyclic amines) is 1. The molecule has 1 atom stereocenters. The van der Waals surface area contributed by atoms with E-state index in [4.69, 9.17) is 17.0 Å². The number of hydrogen-bond donors (Lipinski definition) is 0. The van der Waals surface area contributed by atoms with E-state index in [1.165, 1.54) is 5.56 Å². The Kier molecular flexibility index (Phi) is 6.10. The molecule has 1 saturated heterocycles. The summed E-state index contributed by atoms with van der Waals surface area (Å²) in [5, 5.41) is 0. The van der Waals surface area contributed by atoms with E-state index in [1.54, 1.807) is 16.7 Å². The highest BCUT2D eigenvalue weighted by molar-refractivity contribution is 8.23. The van der Waals surface area contributed by atoms with E-state index in [2.05, 4.69) is 31.2 Å². The van der Waals surface area contributed by atoms with Crippen molar-refractivity contribution in [3.8, 4) is 0 Å². The fraction of sp³-hybridized carbons (Fsp3) is 0.300. The maximum absolute atomic E-state index is 12.5. The van der Waals surface area contributed by atoms with Crippen LogP contribution in [-0.4, -0.2) is 27.8 Å². The molecule has 2 aromatic rings. The number of aryl methyl sites for hydroxylation is 1.